The lowest BCUT2D eigenvalue weighted by Gasteiger charge is -2.43. The summed E-state index contributed by atoms with van der Waals surface area (Å²) in [6.07, 6.45) is 4.08. The summed E-state index contributed by atoms with van der Waals surface area (Å²) in [6.45, 7) is 1.15. The molecule has 1 aliphatic heterocycles. The standard InChI is InChI=1S/C12H16ClFN4O2/c13-12-11(18(19)20)6-15-17(12)10-4-5-16(7-9(10)14)8-2-1-3-8/h6,8-10H,1-5,7H2/t9-,10-/m1/s1. The SMILES string of the molecule is O=[N+]([O-])c1cnn([C@@H]2CCN(C3CCC3)C[C@H]2F)c1Cl. The quantitative estimate of drug-likeness (QED) is 0.636. The molecule has 2 aliphatic rings. The minimum absolute atomic E-state index is 0.0836. The van der Waals surface area contributed by atoms with Crippen molar-refractivity contribution < 1.29 is 9.31 Å². The zero-order valence-corrected chi connectivity index (χ0v) is 11.7. The molecule has 110 valence electrons. The summed E-state index contributed by atoms with van der Waals surface area (Å²) in [6, 6.07) is 0.00385. The Bertz CT molecular complexity index is 520. The highest BCUT2D eigenvalue weighted by atomic mass is 35.5. The monoisotopic (exact) mass is 302 g/mol. The van der Waals surface area contributed by atoms with E-state index in [2.05, 4.69) is 10.00 Å². The van der Waals surface area contributed by atoms with Gasteiger partial charge in [0.05, 0.1) is 11.0 Å². The van der Waals surface area contributed by atoms with Crippen molar-refractivity contribution in [3.63, 3.8) is 0 Å². The number of rotatable bonds is 3. The predicted molar refractivity (Wildman–Crippen MR) is 71.7 cm³/mol. The van der Waals surface area contributed by atoms with Gasteiger partial charge in [0, 0.05) is 19.1 Å². The van der Waals surface area contributed by atoms with Crippen molar-refractivity contribution in [1.82, 2.24) is 14.7 Å². The van der Waals surface area contributed by atoms with Crippen molar-refractivity contribution in [3.8, 4) is 0 Å². The van der Waals surface area contributed by atoms with E-state index in [0.29, 0.717) is 19.0 Å². The number of halogens is 2. The van der Waals surface area contributed by atoms with E-state index in [9.17, 15) is 14.5 Å². The Kier molecular flexibility index (Phi) is 3.64. The van der Waals surface area contributed by atoms with Crippen LogP contribution in [0.3, 0.4) is 0 Å². The summed E-state index contributed by atoms with van der Waals surface area (Å²) in [4.78, 5) is 12.3. The smallest absolute Gasteiger partial charge is 0.297 e. The molecule has 20 heavy (non-hydrogen) atoms. The Balaban J connectivity index is 1.73. The van der Waals surface area contributed by atoms with Crippen LogP contribution in [0.4, 0.5) is 10.1 Å². The second-order valence-corrected chi connectivity index (χ2v) is 5.83. The molecule has 8 heteroatoms. The summed E-state index contributed by atoms with van der Waals surface area (Å²) in [5.41, 5.74) is -0.264. The van der Waals surface area contributed by atoms with Crippen LogP contribution in [-0.4, -0.2) is 44.9 Å². The van der Waals surface area contributed by atoms with E-state index >= 15 is 0 Å². The molecule has 0 aromatic carbocycles. The maximum atomic E-state index is 14.4. The molecule has 3 rings (SSSR count). The van der Waals surface area contributed by atoms with Crippen molar-refractivity contribution >= 4 is 17.3 Å². The molecule has 1 aliphatic carbocycles. The Morgan fingerprint density at radius 2 is 2.20 bits per heavy atom. The van der Waals surface area contributed by atoms with Crippen LogP contribution in [0, 0.1) is 10.1 Å². The lowest BCUT2D eigenvalue weighted by molar-refractivity contribution is -0.384. The lowest BCUT2D eigenvalue weighted by atomic mass is 9.89. The molecule has 1 saturated heterocycles. The first kappa shape index (κ1) is 13.8. The Morgan fingerprint density at radius 1 is 1.45 bits per heavy atom. The minimum atomic E-state index is -1.10. The Morgan fingerprint density at radius 3 is 2.70 bits per heavy atom. The first-order valence-electron chi connectivity index (χ1n) is 6.83. The van der Waals surface area contributed by atoms with Gasteiger partial charge in [-0.05, 0) is 19.3 Å². The van der Waals surface area contributed by atoms with E-state index in [0.717, 1.165) is 25.6 Å². The van der Waals surface area contributed by atoms with Crippen LogP contribution < -0.4 is 0 Å². The van der Waals surface area contributed by atoms with E-state index in [1.54, 1.807) is 0 Å². The van der Waals surface area contributed by atoms with Crippen LogP contribution in [0.1, 0.15) is 31.7 Å². The zero-order valence-electron chi connectivity index (χ0n) is 10.9. The normalized spacial score (nSPS) is 28.3. The van der Waals surface area contributed by atoms with Crippen LogP contribution in [-0.2, 0) is 0 Å². The van der Waals surface area contributed by atoms with E-state index < -0.39 is 17.1 Å². The minimum Gasteiger partial charge on any atom is -0.297 e. The number of nitro groups is 1. The summed E-state index contributed by atoms with van der Waals surface area (Å²) in [7, 11) is 0. The topological polar surface area (TPSA) is 64.2 Å². The van der Waals surface area contributed by atoms with Gasteiger partial charge in [-0.25, -0.2) is 9.07 Å². The molecule has 1 aromatic rings. The summed E-state index contributed by atoms with van der Waals surface area (Å²) in [5.74, 6) is 0. The molecule has 6 nitrogen and oxygen atoms in total. The molecule has 0 radical (unpaired) electrons. The number of likely N-dealkylation sites (tertiary alicyclic amines) is 1. The lowest BCUT2D eigenvalue weighted by Crippen LogP contribution is -2.49. The van der Waals surface area contributed by atoms with Gasteiger partial charge in [0.2, 0.25) is 5.15 Å². The fraction of sp³-hybridized carbons (Fsp3) is 0.750. The molecule has 2 heterocycles. The molecular formula is C12H16ClFN4O2. The van der Waals surface area contributed by atoms with Gasteiger partial charge in [-0.15, -0.1) is 0 Å². The first-order valence-corrected chi connectivity index (χ1v) is 7.21. The third-order valence-corrected chi connectivity index (χ3v) is 4.72. The molecule has 1 aromatic heterocycles. The van der Waals surface area contributed by atoms with Gasteiger partial charge in [0.1, 0.15) is 12.4 Å². The van der Waals surface area contributed by atoms with E-state index in [1.165, 1.54) is 11.1 Å². The molecule has 0 unspecified atom stereocenters. The summed E-state index contributed by atoms with van der Waals surface area (Å²) in [5, 5.41) is 14.6. The maximum Gasteiger partial charge on any atom is 0.325 e. The first-order chi connectivity index (χ1) is 9.58. The summed E-state index contributed by atoms with van der Waals surface area (Å²) < 4.78 is 15.6. The highest BCUT2D eigenvalue weighted by Crippen LogP contribution is 2.35. The molecule has 2 fully saturated rings. The highest BCUT2D eigenvalue weighted by Gasteiger charge is 2.37. The van der Waals surface area contributed by atoms with E-state index in [1.807, 2.05) is 0 Å². The zero-order chi connectivity index (χ0) is 14.3. The molecular weight excluding hydrogens is 287 g/mol. The van der Waals surface area contributed by atoms with Gasteiger partial charge in [0.15, 0.2) is 0 Å². The van der Waals surface area contributed by atoms with Gasteiger partial charge < -0.3 is 0 Å². The van der Waals surface area contributed by atoms with Crippen LogP contribution >= 0.6 is 11.6 Å². The number of hydrogen-bond acceptors (Lipinski definition) is 4. The number of alkyl halides is 1. The number of piperidine rings is 1. The maximum absolute atomic E-state index is 14.4. The number of hydrogen-bond donors (Lipinski definition) is 0. The molecule has 0 spiro atoms. The van der Waals surface area contributed by atoms with Crippen molar-refractivity contribution in [2.24, 2.45) is 0 Å². The van der Waals surface area contributed by atoms with Crippen molar-refractivity contribution in [2.75, 3.05) is 13.1 Å². The van der Waals surface area contributed by atoms with Gasteiger partial charge in [-0.1, -0.05) is 18.0 Å². The largest absolute Gasteiger partial charge is 0.325 e. The molecule has 0 bridgehead atoms. The van der Waals surface area contributed by atoms with Gasteiger partial charge in [-0.3, -0.25) is 15.0 Å². The molecule has 0 N–H and O–H groups in total. The third kappa shape index (κ3) is 2.29. The second-order valence-electron chi connectivity index (χ2n) is 5.47. The Hall–Kier alpha value is -1.21. The van der Waals surface area contributed by atoms with Crippen LogP contribution in [0.2, 0.25) is 5.15 Å². The second kappa shape index (κ2) is 5.29. The van der Waals surface area contributed by atoms with Gasteiger partial charge in [-0.2, -0.15) is 5.10 Å². The van der Waals surface area contributed by atoms with E-state index in [4.69, 9.17) is 11.6 Å². The van der Waals surface area contributed by atoms with Crippen molar-refractivity contribution in [1.29, 1.82) is 0 Å². The van der Waals surface area contributed by atoms with Gasteiger partial charge in [0.25, 0.3) is 0 Å². The van der Waals surface area contributed by atoms with Crippen molar-refractivity contribution in [3.05, 3.63) is 21.5 Å². The predicted octanol–water partition coefficient (Wildman–Crippen LogP) is 2.58. The van der Waals surface area contributed by atoms with Gasteiger partial charge >= 0.3 is 5.69 Å². The van der Waals surface area contributed by atoms with Crippen LogP contribution in [0.25, 0.3) is 0 Å². The molecule has 2 atom stereocenters. The average Bonchev–Trinajstić information content (AvgIpc) is 2.69. The third-order valence-electron chi connectivity index (χ3n) is 4.36. The van der Waals surface area contributed by atoms with Crippen LogP contribution in [0.15, 0.2) is 6.20 Å². The average molecular weight is 303 g/mol. The fourth-order valence-electron chi connectivity index (χ4n) is 2.97. The molecule has 1 saturated carbocycles. The van der Waals surface area contributed by atoms with Crippen LogP contribution in [0.5, 0.6) is 0 Å². The summed E-state index contributed by atoms with van der Waals surface area (Å²) >= 11 is 5.93. The number of aromatic nitrogens is 2. The van der Waals surface area contributed by atoms with E-state index in [-0.39, 0.29) is 10.8 Å². The van der Waals surface area contributed by atoms with Crippen molar-refractivity contribution in [2.45, 2.75) is 43.9 Å². The highest BCUT2D eigenvalue weighted by molar-refractivity contribution is 6.31. The molecule has 0 amide bonds. The fourth-order valence-corrected chi connectivity index (χ4v) is 3.25. The number of nitrogens with zero attached hydrogens (tertiary/aromatic N) is 4. The Labute approximate surface area is 120 Å².